The largest absolute Gasteiger partial charge is 0.435 e. The third-order valence-corrected chi connectivity index (χ3v) is 9.14. The zero-order valence-corrected chi connectivity index (χ0v) is 30.1. The fraction of sp³-hybridized carbons (Fsp3) is 0.333. The van der Waals surface area contributed by atoms with Crippen LogP contribution in [0.3, 0.4) is 0 Å². The summed E-state index contributed by atoms with van der Waals surface area (Å²) < 4.78 is 133. The number of carbonyl (C=O) groups is 1. The van der Waals surface area contributed by atoms with Crippen LogP contribution in [0.2, 0.25) is 0 Å². The van der Waals surface area contributed by atoms with E-state index < -0.39 is 93.6 Å². The Morgan fingerprint density at radius 1 is 1.11 bits per heavy atom. The molecule has 3 N–H and O–H groups in total. The van der Waals surface area contributed by atoms with Crippen LogP contribution in [0.5, 0.6) is 0 Å². The van der Waals surface area contributed by atoms with E-state index in [2.05, 4.69) is 37.1 Å². The highest BCUT2D eigenvalue weighted by Gasteiger charge is 2.54. The third-order valence-electron chi connectivity index (χ3n) is 8.58. The minimum atomic E-state index is -5.10. The van der Waals surface area contributed by atoms with Gasteiger partial charge >= 0.3 is 6.18 Å². The van der Waals surface area contributed by atoms with E-state index in [4.69, 9.17) is 4.52 Å². The summed E-state index contributed by atoms with van der Waals surface area (Å²) in [5, 5.41) is 20.2. The molecule has 0 saturated carbocycles. The first-order chi connectivity index (χ1) is 25.5. The SMILES string of the molecule is C[C@@H]1Cc2c(C(F)(F)F)nn(CC(=O)N[C@@H](Cc3cc(F)cc(F)c3)c3nc(C#CC(C)(C)O)ccc3-c3cccc4c(NS(C)(=O)=O)noc34)c2C1(F)F. The Morgan fingerprint density at radius 2 is 1.80 bits per heavy atom. The maximum atomic E-state index is 15.3. The number of para-hydroxylation sites is 1. The monoisotopic (exact) mass is 792 g/mol. The summed E-state index contributed by atoms with van der Waals surface area (Å²) in [4.78, 5) is 18.4. The van der Waals surface area contributed by atoms with Crippen LogP contribution in [0.25, 0.3) is 22.1 Å². The second-order valence-electron chi connectivity index (χ2n) is 13.7. The number of hydrogen-bond donors (Lipinski definition) is 3. The number of aliphatic hydroxyl groups is 1. The molecule has 1 amide bonds. The number of amides is 1. The van der Waals surface area contributed by atoms with E-state index >= 15 is 8.78 Å². The Bertz CT molecular complexity index is 2480. The number of fused-ring (bicyclic) bond motifs is 2. The lowest BCUT2D eigenvalue weighted by Gasteiger charge is -2.23. The van der Waals surface area contributed by atoms with Crippen LogP contribution in [-0.2, 0) is 46.3 Å². The maximum Gasteiger partial charge on any atom is 0.435 e. The summed E-state index contributed by atoms with van der Waals surface area (Å²) in [7, 11) is -3.81. The standard InChI is InChI=1S/C36H31F7N6O5S/c1-18-12-26-31(36(41,42)43)46-49(32(26)35(18,39)40)17-28(50)45-27(15-19-13-20(37)16-21(38)14-19)29-23(9-8-22(44-29)10-11-34(2,3)51)24-6-5-7-25-30(24)54-47-33(25)48-55(4,52)53/h5-9,13-14,16,18,27,51H,12,15,17H2,1-4H3,(H,45,50)(H,47,48)/t18-,27+/m1/s1. The Labute approximate surface area is 309 Å². The van der Waals surface area contributed by atoms with Crippen molar-refractivity contribution in [3.05, 3.63) is 94.1 Å². The topological polar surface area (TPSA) is 152 Å². The summed E-state index contributed by atoms with van der Waals surface area (Å²) in [6, 6.07) is 8.65. The molecule has 19 heteroatoms. The first-order valence-electron chi connectivity index (χ1n) is 16.4. The van der Waals surface area contributed by atoms with E-state index in [1.807, 2.05) is 0 Å². The molecule has 0 spiro atoms. The van der Waals surface area contributed by atoms with Gasteiger partial charge in [0.25, 0.3) is 5.92 Å². The Hall–Kier alpha value is -5.48. The van der Waals surface area contributed by atoms with Crippen LogP contribution in [0.15, 0.2) is 53.1 Å². The van der Waals surface area contributed by atoms with E-state index in [1.165, 1.54) is 44.2 Å². The average molecular weight is 793 g/mol. The number of nitrogens with zero attached hydrogens (tertiary/aromatic N) is 4. The smallest absolute Gasteiger partial charge is 0.378 e. The molecule has 55 heavy (non-hydrogen) atoms. The van der Waals surface area contributed by atoms with Gasteiger partial charge in [0.15, 0.2) is 17.1 Å². The summed E-state index contributed by atoms with van der Waals surface area (Å²) in [6.07, 6.45) is -5.24. The van der Waals surface area contributed by atoms with Crippen molar-refractivity contribution < 1.29 is 53.6 Å². The fourth-order valence-electron chi connectivity index (χ4n) is 6.31. The highest BCUT2D eigenvalue weighted by molar-refractivity contribution is 7.92. The highest BCUT2D eigenvalue weighted by Crippen LogP contribution is 2.49. The zero-order valence-electron chi connectivity index (χ0n) is 29.3. The van der Waals surface area contributed by atoms with Gasteiger partial charge < -0.3 is 14.9 Å². The number of anilines is 1. The van der Waals surface area contributed by atoms with Gasteiger partial charge in [-0.1, -0.05) is 30.1 Å². The highest BCUT2D eigenvalue weighted by atomic mass is 32.2. The molecule has 2 atom stereocenters. The number of halogens is 7. The number of carbonyl (C=O) groups excluding carboxylic acids is 1. The molecule has 2 aromatic carbocycles. The first-order valence-corrected chi connectivity index (χ1v) is 18.3. The summed E-state index contributed by atoms with van der Waals surface area (Å²) in [6.45, 7) is 2.78. The van der Waals surface area contributed by atoms with Gasteiger partial charge in [0.1, 0.15) is 35.2 Å². The normalized spacial score (nSPS) is 16.0. The lowest BCUT2D eigenvalue weighted by Crippen LogP contribution is -2.35. The summed E-state index contributed by atoms with van der Waals surface area (Å²) in [5.41, 5.74) is -4.39. The number of hydrogen-bond acceptors (Lipinski definition) is 8. The number of benzene rings is 2. The lowest BCUT2D eigenvalue weighted by atomic mass is 9.94. The summed E-state index contributed by atoms with van der Waals surface area (Å²) in [5.74, 6) is -3.20. The van der Waals surface area contributed by atoms with Crippen LogP contribution >= 0.6 is 0 Å². The molecule has 3 aromatic heterocycles. The van der Waals surface area contributed by atoms with Crippen molar-refractivity contribution in [2.45, 2.75) is 63.9 Å². The van der Waals surface area contributed by atoms with E-state index in [9.17, 15) is 40.3 Å². The van der Waals surface area contributed by atoms with Gasteiger partial charge in [-0.25, -0.2) is 22.2 Å². The van der Waals surface area contributed by atoms with Crippen molar-refractivity contribution in [1.82, 2.24) is 25.2 Å². The molecule has 11 nitrogen and oxygen atoms in total. The van der Waals surface area contributed by atoms with Gasteiger partial charge in [0, 0.05) is 28.7 Å². The van der Waals surface area contributed by atoms with Crippen LogP contribution in [0, 0.1) is 29.4 Å². The Kier molecular flexibility index (Phi) is 9.97. The molecular formula is C36H31F7N6O5S. The number of pyridine rings is 1. The van der Waals surface area contributed by atoms with Crippen LogP contribution in [-0.4, -0.2) is 51.2 Å². The minimum Gasteiger partial charge on any atom is -0.378 e. The van der Waals surface area contributed by atoms with E-state index in [0.29, 0.717) is 10.7 Å². The molecule has 0 radical (unpaired) electrons. The Balaban J connectivity index is 1.50. The number of rotatable bonds is 9. The second kappa shape index (κ2) is 14.0. The van der Waals surface area contributed by atoms with Gasteiger partial charge in [0.05, 0.1) is 23.4 Å². The third kappa shape index (κ3) is 8.44. The predicted molar refractivity (Wildman–Crippen MR) is 184 cm³/mol. The predicted octanol–water partition coefficient (Wildman–Crippen LogP) is 6.26. The number of sulfonamides is 1. The fourth-order valence-corrected chi connectivity index (χ4v) is 6.81. The molecule has 0 aliphatic heterocycles. The van der Waals surface area contributed by atoms with Crippen LogP contribution < -0.4 is 10.0 Å². The maximum absolute atomic E-state index is 15.3. The second-order valence-corrected chi connectivity index (χ2v) is 15.4. The van der Waals surface area contributed by atoms with Crippen molar-refractivity contribution in [2.24, 2.45) is 5.92 Å². The molecule has 0 bridgehead atoms. The van der Waals surface area contributed by atoms with Gasteiger partial charge in [-0.2, -0.15) is 27.1 Å². The number of nitrogens with one attached hydrogen (secondary N) is 2. The van der Waals surface area contributed by atoms with E-state index in [1.54, 1.807) is 0 Å². The molecule has 1 aliphatic carbocycles. The molecule has 5 aromatic rings. The summed E-state index contributed by atoms with van der Waals surface area (Å²) >= 11 is 0. The first kappa shape index (κ1) is 39.2. The average Bonchev–Trinajstić information content (AvgIpc) is 3.69. The molecule has 290 valence electrons. The molecule has 0 unspecified atom stereocenters. The molecule has 0 fully saturated rings. The molecule has 3 heterocycles. The number of aromatic nitrogens is 4. The van der Waals surface area contributed by atoms with Gasteiger partial charge in [0.2, 0.25) is 15.9 Å². The van der Waals surface area contributed by atoms with Gasteiger partial charge in [-0.15, -0.1) is 0 Å². The van der Waals surface area contributed by atoms with Gasteiger partial charge in [-0.3, -0.25) is 14.2 Å². The van der Waals surface area contributed by atoms with Crippen molar-refractivity contribution in [2.75, 3.05) is 11.0 Å². The molecular weight excluding hydrogens is 761 g/mol. The zero-order chi connectivity index (χ0) is 40.2. The van der Waals surface area contributed by atoms with Gasteiger partial charge in [-0.05, 0) is 68.5 Å². The van der Waals surface area contributed by atoms with E-state index in [-0.39, 0.29) is 44.9 Å². The lowest BCUT2D eigenvalue weighted by molar-refractivity contribution is -0.142. The van der Waals surface area contributed by atoms with Crippen LogP contribution in [0.4, 0.5) is 36.6 Å². The molecule has 1 aliphatic rings. The van der Waals surface area contributed by atoms with Crippen molar-refractivity contribution >= 4 is 32.7 Å². The molecule has 0 saturated heterocycles. The van der Waals surface area contributed by atoms with Crippen molar-refractivity contribution in [3.63, 3.8) is 0 Å². The quantitative estimate of drug-likeness (QED) is 0.117. The van der Waals surface area contributed by atoms with Crippen LogP contribution in [0.1, 0.15) is 60.7 Å². The molecule has 6 rings (SSSR count). The minimum absolute atomic E-state index is 0.0132. The Morgan fingerprint density at radius 3 is 2.44 bits per heavy atom. The number of alkyl halides is 5. The van der Waals surface area contributed by atoms with Crippen molar-refractivity contribution in [1.29, 1.82) is 0 Å². The van der Waals surface area contributed by atoms with E-state index in [0.717, 1.165) is 25.3 Å². The van der Waals surface area contributed by atoms with Crippen molar-refractivity contribution in [3.8, 4) is 23.0 Å².